The zero-order valence-electron chi connectivity index (χ0n) is 11.3. The molecule has 4 N–H and O–H groups in total. The van der Waals surface area contributed by atoms with Crippen LogP contribution in [0.5, 0.6) is 0 Å². The average Bonchev–Trinajstić information content (AvgIpc) is 2.47. The molecule has 104 valence electrons. The van der Waals surface area contributed by atoms with E-state index < -0.39 is 0 Å². The number of anilines is 2. The summed E-state index contributed by atoms with van der Waals surface area (Å²) in [5, 5.41) is 2.71. The molecule has 1 fully saturated rings. The van der Waals surface area contributed by atoms with Gasteiger partial charge in [-0.2, -0.15) is 0 Å². The van der Waals surface area contributed by atoms with E-state index in [1.54, 1.807) is 7.05 Å². The molecule has 1 aromatic rings. The third-order valence-electron chi connectivity index (χ3n) is 3.61. The van der Waals surface area contributed by atoms with Crippen LogP contribution in [-0.2, 0) is 4.79 Å². The molecule has 19 heavy (non-hydrogen) atoms. The minimum absolute atomic E-state index is 0.107. The highest BCUT2D eigenvalue weighted by Gasteiger charge is 2.25. The van der Waals surface area contributed by atoms with E-state index in [0.717, 1.165) is 37.3 Å². The third-order valence-corrected chi connectivity index (χ3v) is 3.61. The van der Waals surface area contributed by atoms with E-state index in [1.807, 2.05) is 6.92 Å². The van der Waals surface area contributed by atoms with Gasteiger partial charge in [-0.05, 0) is 19.8 Å². The van der Waals surface area contributed by atoms with Gasteiger partial charge in [-0.25, -0.2) is 15.8 Å². The number of amides is 1. The first kappa shape index (κ1) is 13.5. The molecular weight excluding hydrogens is 244 g/mol. The molecule has 1 aliphatic heterocycles. The Morgan fingerprint density at radius 2 is 2.11 bits per heavy atom. The molecule has 1 aromatic heterocycles. The smallest absolute Gasteiger partial charge is 0.222 e. The highest BCUT2D eigenvalue weighted by atomic mass is 16.1. The van der Waals surface area contributed by atoms with Crippen LogP contribution in [0.2, 0.25) is 0 Å². The standard InChI is InChI=1S/C12H20N6O/c1-8-10(17-13)15-7-16-11(8)18-5-3-9(4-6-18)12(19)14-2/h7,9H,3-6,13H2,1-2H3,(H,14,19)(H,15,16,17). The molecule has 0 spiro atoms. The Bertz CT molecular complexity index is 456. The SMILES string of the molecule is CNC(=O)C1CCN(c2ncnc(NN)c2C)CC1. The summed E-state index contributed by atoms with van der Waals surface area (Å²) in [6, 6.07) is 0. The van der Waals surface area contributed by atoms with Gasteiger partial charge in [0.15, 0.2) is 0 Å². The molecule has 0 unspecified atom stereocenters. The van der Waals surface area contributed by atoms with E-state index >= 15 is 0 Å². The number of nitrogens with two attached hydrogens (primary N) is 1. The average molecular weight is 264 g/mol. The van der Waals surface area contributed by atoms with Gasteiger partial charge in [-0.3, -0.25) is 4.79 Å². The number of nitrogens with zero attached hydrogens (tertiary/aromatic N) is 3. The molecule has 0 aromatic carbocycles. The summed E-state index contributed by atoms with van der Waals surface area (Å²) in [4.78, 5) is 22.2. The number of carbonyl (C=O) groups is 1. The summed E-state index contributed by atoms with van der Waals surface area (Å²) in [5.41, 5.74) is 3.50. The first-order valence-electron chi connectivity index (χ1n) is 6.42. The summed E-state index contributed by atoms with van der Waals surface area (Å²) in [5.74, 6) is 7.18. The summed E-state index contributed by atoms with van der Waals surface area (Å²) >= 11 is 0. The molecule has 0 atom stereocenters. The summed E-state index contributed by atoms with van der Waals surface area (Å²) < 4.78 is 0. The number of carbonyl (C=O) groups excluding carboxylic acids is 1. The Labute approximate surface area is 112 Å². The minimum Gasteiger partial charge on any atom is -0.359 e. The fourth-order valence-electron chi connectivity index (χ4n) is 2.46. The van der Waals surface area contributed by atoms with Gasteiger partial charge in [-0.1, -0.05) is 0 Å². The minimum atomic E-state index is 0.107. The van der Waals surface area contributed by atoms with Crippen molar-refractivity contribution in [2.75, 3.05) is 30.5 Å². The maximum atomic E-state index is 11.6. The van der Waals surface area contributed by atoms with Crippen LogP contribution in [0.4, 0.5) is 11.6 Å². The topological polar surface area (TPSA) is 96.2 Å². The number of rotatable bonds is 3. The number of piperidine rings is 1. The molecule has 2 heterocycles. The fraction of sp³-hybridized carbons (Fsp3) is 0.583. The molecule has 1 aliphatic rings. The first-order chi connectivity index (χ1) is 9.17. The number of hydrogen-bond donors (Lipinski definition) is 3. The van der Waals surface area contributed by atoms with Crippen molar-refractivity contribution in [3.8, 4) is 0 Å². The normalized spacial score (nSPS) is 16.3. The van der Waals surface area contributed by atoms with Crippen molar-refractivity contribution >= 4 is 17.5 Å². The largest absolute Gasteiger partial charge is 0.359 e. The molecule has 2 rings (SSSR count). The number of aromatic nitrogens is 2. The van der Waals surface area contributed by atoms with E-state index in [2.05, 4.69) is 25.6 Å². The van der Waals surface area contributed by atoms with E-state index in [9.17, 15) is 4.79 Å². The molecule has 1 saturated heterocycles. The number of hydrogen-bond acceptors (Lipinski definition) is 6. The van der Waals surface area contributed by atoms with Crippen molar-refractivity contribution < 1.29 is 4.79 Å². The Morgan fingerprint density at radius 3 is 2.68 bits per heavy atom. The fourth-order valence-corrected chi connectivity index (χ4v) is 2.46. The molecule has 7 heteroatoms. The molecule has 0 radical (unpaired) electrons. The Morgan fingerprint density at radius 1 is 1.42 bits per heavy atom. The second kappa shape index (κ2) is 5.83. The second-order valence-electron chi connectivity index (χ2n) is 4.69. The van der Waals surface area contributed by atoms with Crippen molar-refractivity contribution in [2.45, 2.75) is 19.8 Å². The highest BCUT2D eigenvalue weighted by molar-refractivity contribution is 5.78. The van der Waals surface area contributed by atoms with Crippen LogP contribution in [0.1, 0.15) is 18.4 Å². The summed E-state index contributed by atoms with van der Waals surface area (Å²) in [6.45, 7) is 3.58. The quantitative estimate of drug-likeness (QED) is 0.526. The van der Waals surface area contributed by atoms with E-state index in [0.29, 0.717) is 5.82 Å². The van der Waals surface area contributed by atoms with Crippen LogP contribution < -0.4 is 21.5 Å². The maximum Gasteiger partial charge on any atom is 0.222 e. The van der Waals surface area contributed by atoms with Gasteiger partial charge in [0, 0.05) is 31.6 Å². The number of nitrogens with one attached hydrogen (secondary N) is 2. The molecule has 1 amide bonds. The van der Waals surface area contributed by atoms with Gasteiger partial charge in [0.25, 0.3) is 0 Å². The summed E-state index contributed by atoms with van der Waals surface area (Å²) in [7, 11) is 1.68. The van der Waals surface area contributed by atoms with Crippen molar-refractivity contribution in [3.63, 3.8) is 0 Å². The number of nitrogen functional groups attached to an aromatic ring is 1. The molecular formula is C12H20N6O. The van der Waals surface area contributed by atoms with Gasteiger partial charge in [0.1, 0.15) is 18.0 Å². The van der Waals surface area contributed by atoms with Crippen LogP contribution in [0.15, 0.2) is 6.33 Å². The lowest BCUT2D eigenvalue weighted by atomic mass is 9.96. The Balaban J connectivity index is 2.08. The monoisotopic (exact) mass is 264 g/mol. The van der Waals surface area contributed by atoms with Crippen LogP contribution in [0.25, 0.3) is 0 Å². The second-order valence-corrected chi connectivity index (χ2v) is 4.69. The van der Waals surface area contributed by atoms with Gasteiger partial charge in [0.2, 0.25) is 5.91 Å². The van der Waals surface area contributed by atoms with Crippen molar-refractivity contribution in [3.05, 3.63) is 11.9 Å². The third kappa shape index (κ3) is 2.76. The van der Waals surface area contributed by atoms with Crippen molar-refractivity contribution in [1.82, 2.24) is 15.3 Å². The lowest BCUT2D eigenvalue weighted by molar-refractivity contribution is -0.125. The zero-order chi connectivity index (χ0) is 13.8. The van der Waals surface area contributed by atoms with Crippen LogP contribution in [-0.4, -0.2) is 36.0 Å². The van der Waals surface area contributed by atoms with E-state index in [1.165, 1.54) is 6.33 Å². The molecule has 0 aliphatic carbocycles. The van der Waals surface area contributed by atoms with Crippen molar-refractivity contribution in [1.29, 1.82) is 0 Å². The summed E-state index contributed by atoms with van der Waals surface area (Å²) in [6.07, 6.45) is 3.19. The van der Waals surface area contributed by atoms with Gasteiger partial charge < -0.3 is 15.6 Å². The Kier molecular flexibility index (Phi) is 4.16. The van der Waals surface area contributed by atoms with Crippen LogP contribution in [0, 0.1) is 12.8 Å². The van der Waals surface area contributed by atoms with Crippen LogP contribution in [0.3, 0.4) is 0 Å². The van der Waals surface area contributed by atoms with Gasteiger partial charge in [-0.15, -0.1) is 0 Å². The van der Waals surface area contributed by atoms with E-state index in [4.69, 9.17) is 5.84 Å². The molecule has 0 bridgehead atoms. The van der Waals surface area contributed by atoms with Gasteiger partial charge >= 0.3 is 0 Å². The predicted octanol–water partition coefficient (Wildman–Crippen LogP) is 0.0330. The van der Waals surface area contributed by atoms with E-state index in [-0.39, 0.29) is 11.8 Å². The van der Waals surface area contributed by atoms with Crippen LogP contribution >= 0.6 is 0 Å². The molecule has 7 nitrogen and oxygen atoms in total. The number of hydrazine groups is 1. The molecule has 0 saturated carbocycles. The van der Waals surface area contributed by atoms with Gasteiger partial charge in [0.05, 0.1) is 0 Å². The lowest BCUT2D eigenvalue weighted by Gasteiger charge is -2.32. The van der Waals surface area contributed by atoms with Crippen molar-refractivity contribution in [2.24, 2.45) is 11.8 Å². The maximum absolute atomic E-state index is 11.6. The first-order valence-corrected chi connectivity index (χ1v) is 6.42. The zero-order valence-corrected chi connectivity index (χ0v) is 11.3. The predicted molar refractivity (Wildman–Crippen MR) is 73.6 cm³/mol. The Hall–Kier alpha value is -1.89. The highest BCUT2D eigenvalue weighted by Crippen LogP contribution is 2.26. The lowest BCUT2D eigenvalue weighted by Crippen LogP contribution is -2.40.